The van der Waals surface area contributed by atoms with Crippen LogP contribution in [-0.2, 0) is 18.1 Å². The maximum absolute atomic E-state index is 7.36. The summed E-state index contributed by atoms with van der Waals surface area (Å²) in [5.74, 6) is 3.10. The van der Waals surface area contributed by atoms with Gasteiger partial charge >= 0.3 is 0 Å². The SMILES string of the molecule is CON=C(CO[Si](C)(C)C)[C@@]1(O[Si](C)(C)C)CCC2C3CC[C@H]4C[C@H](O[Si](C)(C)C)CC[C@]4(C)C3CC[C@@]21C. The van der Waals surface area contributed by atoms with Crippen LogP contribution >= 0.6 is 0 Å². The van der Waals surface area contributed by atoms with Crippen LogP contribution in [0, 0.1) is 34.5 Å². The van der Waals surface area contributed by atoms with E-state index in [1.807, 2.05) is 0 Å². The molecule has 8 atom stereocenters. The smallest absolute Gasteiger partial charge is 0.185 e. The molecule has 4 aliphatic carbocycles. The van der Waals surface area contributed by atoms with Crippen LogP contribution < -0.4 is 0 Å². The summed E-state index contributed by atoms with van der Waals surface area (Å²) in [6.45, 7) is 26.6. The van der Waals surface area contributed by atoms with E-state index in [9.17, 15) is 0 Å². The first-order chi connectivity index (χ1) is 17.8. The molecule has 4 aliphatic rings. The first-order valence-corrected chi connectivity index (χ1v) is 26.2. The highest BCUT2D eigenvalue weighted by Crippen LogP contribution is 2.69. The molecule has 0 radical (unpaired) electrons. The minimum atomic E-state index is -1.89. The summed E-state index contributed by atoms with van der Waals surface area (Å²) in [6, 6.07) is 0. The summed E-state index contributed by atoms with van der Waals surface area (Å²) < 4.78 is 20.5. The Morgan fingerprint density at radius 2 is 1.44 bits per heavy atom. The van der Waals surface area contributed by atoms with Gasteiger partial charge in [0.1, 0.15) is 18.4 Å². The summed E-state index contributed by atoms with van der Waals surface area (Å²) in [7, 11) is -3.43. The van der Waals surface area contributed by atoms with Gasteiger partial charge in [-0.25, -0.2) is 0 Å². The van der Waals surface area contributed by atoms with Crippen LogP contribution in [0.2, 0.25) is 58.9 Å². The number of hydrogen-bond donors (Lipinski definition) is 0. The second-order valence-corrected chi connectivity index (χ2v) is 30.3. The van der Waals surface area contributed by atoms with E-state index in [4.69, 9.17) is 23.3 Å². The van der Waals surface area contributed by atoms with E-state index in [-0.39, 0.29) is 11.0 Å². The van der Waals surface area contributed by atoms with Gasteiger partial charge in [-0.05, 0) is 146 Å². The first-order valence-electron chi connectivity index (χ1n) is 16.0. The first kappa shape index (κ1) is 31.9. The summed E-state index contributed by atoms with van der Waals surface area (Å²) in [5, 5.41) is 4.72. The number of hydrogen-bond acceptors (Lipinski definition) is 5. The third kappa shape index (κ3) is 6.36. The van der Waals surface area contributed by atoms with E-state index in [2.05, 4.69) is 72.8 Å². The Hall–Kier alpha value is 0.000649. The minimum absolute atomic E-state index is 0.0654. The zero-order valence-electron chi connectivity index (χ0n) is 27.5. The molecule has 0 N–H and O–H groups in total. The van der Waals surface area contributed by atoms with E-state index in [0.717, 1.165) is 29.9 Å². The Kier molecular flexibility index (Phi) is 8.95. The Morgan fingerprint density at radius 1 is 0.769 bits per heavy atom. The average molecular weight is 596 g/mol. The van der Waals surface area contributed by atoms with Gasteiger partial charge in [0, 0.05) is 11.5 Å². The van der Waals surface area contributed by atoms with Crippen molar-refractivity contribution in [1.29, 1.82) is 0 Å². The predicted octanol–water partition coefficient (Wildman–Crippen LogP) is 8.69. The molecule has 0 heterocycles. The highest BCUT2D eigenvalue weighted by molar-refractivity contribution is 6.70. The molecule has 5 nitrogen and oxygen atoms in total. The third-order valence-electron chi connectivity index (χ3n) is 11.0. The minimum Gasteiger partial charge on any atom is -0.415 e. The lowest BCUT2D eigenvalue weighted by molar-refractivity contribution is -0.139. The van der Waals surface area contributed by atoms with Crippen LogP contribution in [0.5, 0.6) is 0 Å². The zero-order chi connectivity index (χ0) is 29.1. The molecule has 4 saturated carbocycles. The van der Waals surface area contributed by atoms with Gasteiger partial charge in [-0.3, -0.25) is 0 Å². The predicted molar refractivity (Wildman–Crippen MR) is 171 cm³/mol. The lowest BCUT2D eigenvalue weighted by Crippen LogP contribution is -2.62. The summed E-state index contributed by atoms with van der Waals surface area (Å²) >= 11 is 0. The highest BCUT2D eigenvalue weighted by atomic mass is 28.4. The Bertz CT molecular complexity index is 909. The van der Waals surface area contributed by atoms with E-state index < -0.39 is 25.0 Å². The van der Waals surface area contributed by atoms with Crippen LogP contribution in [0.4, 0.5) is 0 Å². The standard InChI is InChI=1S/C31H61NO4Si3/c1-29-18-15-24(35-38(7,8)9)21-23(29)13-14-25-26(29)16-19-30(2)27(25)17-20-31(30,36-39(10,11)12)28(32-33-3)22-34-37(4,5)6/h23-27H,13-22H2,1-12H3/t23-,24+,25?,26?,27?,29-,30-,31-/m0/s1. The fourth-order valence-electron chi connectivity index (χ4n) is 9.66. The van der Waals surface area contributed by atoms with Gasteiger partial charge in [-0.15, -0.1) is 0 Å². The van der Waals surface area contributed by atoms with Gasteiger partial charge in [0.25, 0.3) is 0 Å². The fraction of sp³-hybridized carbons (Fsp3) is 0.968. The molecule has 0 saturated heterocycles. The van der Waals surface area contributed by atoms with Crippen molar-refractivity contribution in [3.63, 3.8) is 0 Å². The quantitative estimate of drug-likeness (QED) is 0.152. The highest BCUT2D eigenvalue weighted by Gasteiger charge is 2.67. The maximum Gasteiger partial charge on any atom is 0.185 e. The third-order valence-corrected chi connectivity index (χ3v) is 14.1. The van der Waals surface area contributed by atoms with Crippen molar-refractivity contribution in [1.82, 2.24) is 0 Å². The Labute approximate surface area is 243 Å². The second kappa shape index (κ2) is 10.9. The van der Waals surface area contributed by atoms with Gasteiger partial charge in [0.2, 0.25) is 0 Å². The Balaban J connectivity index is 1.63. The van der Waals surface area contributed by atoms with E-state index in [1.165, 1.54) is 51.4 Å². The molecule has 8 heteroatoms. The van der Waals surface area contributed by atoms with Crippen molar-refractivity contribution in [3.05, 3.63) is 0 Å². The van der Waals surface area contributed by atoms with Gasteiger partial charge < -0.3 is 18.1 Å². The largest absolute Gasteiger partial charge is 0.415 e. The van der Waals surface area contributed by atoms with Gasteiger partial charge in [0.05, 0.1) is 6.61 Å². The van der Waals surface area contributed by atoms with Crippen LogP contribution in [0.25, 0.3) is 0 Å². The molecular weight excluding hydrogens is 535 g/mol. The van der Waals surface area contributed by atoms with Crippen molar-refractivity contribution >= 4 is 30.7 Å². The monoisotopic (exact) mass is 595 g/mol. The van der Waals surface area contributed by atoms with E-state index >= 15 is 0 Å². The normalized spacial score (nSPS) is 41.5. The second-order valence-electron chi connectivity index (χ2n) is 16.9. The average Bonchev–Trinajstić information content (AvgIpc) is 3.06. The maximum atomic E-state index is 7.36. The van der Waals surface area contributed by atoms with Crippen molar-refractivity contribution in [2.75, 3.05) is 13.7 Å². The molecule has 0 aromatic heterocycles. The summed E-state index contributed by atoms with van der Waals surface area (Å²) in [4.78, 5) is 5.53. The molecule has 39 heavy (non-hydrogen) atoms. The van der Waals surface area contributed by atoms with Gasteiger partial charge in [0.15, 0.2) is 25.0 Å². The number of fused-ring (bicyclic) bond motifs is 5. The number of oxime groups is 1. The summed E-state index contributed by atoms with van der Waals surface area (Å²) in [5.41, 5.74) is 1.15. The molecule has 0 amide bonds. The van der Waals surface area contributed by atoms with Crippen LogP contribution in [0.1, 0.15) is 71.6 Å². The van der Waals surface area contributed by atoms with Crippen LogP contribution in [0.15, 0.2) is 5.16 Å². The van der Waals surface area contributed by atoms with Crippen molar-refractivity contribution in [2.45, 2.75) is 142 Å². The number of nitrogens with zero attached hydrogens (tertiary/aromatic N) is 1. The molecular formula is C31H61NO4Si3. The van der Waals surface area contributed by atoms with E-state index in [0.29, 0.717) is 24.0 Å². The molecule has 3 unspecified atom stereocenters. The lowest BCUT2D eigenvalue weighted by atomic mass is 9.44. The van der Waals surface area contributed by atoms with Crippen molar-refractivity contribution < 1.29 is 18.1 Å². The topological polar surface area (TPSA) is 49.3 Å². The molecule has 0 aromatic carbocycles. The van der Waals surface area contributed by atoms with E-state index in [1.54, 1.807) is 7.11 Å². The molecule has 0 spiro atoms. The zero-order valence-corrected chi connectivity index (χ0v) is 30.5. The lowest BCUT2D eigenvalue weighted by Gasteiger charge is -2.62. The molecule has 4 fully saturated rings. The van der Waals surface area contributed by atoms with Crippen LogP contribution in [-0.4, -0.2) is 56.1 Å². The molecule has 4 rings (SSSR count). The fourth-order valence-corrected chi connectivity index (χ4v) is 12.9. The molecule has 226 valence electrons. The molecule has 0 aromatic rings. The number of rotatable bonds is 9. The van der Waals surface area contributed by atoms with Gasteiger partial charge in [-0.2, -0.15) is 0 Å². The molecule has 0 bridgehead atoms. The summed E-state index contributed by atoms with van der Waals surface area (Å²) in [6.07, 6.45) is 11.9. The van der Waals surface area contributed by atoms with Crippen LogP contribution in [0.3, 0.4) is 0 Å². The van der Waals surface area contributed by atoms with Crippen molar-refractivity contribution in [2.24, 2.45) is 39.7 Å². The molecule has 0 aliphatic heterocycles. The van der Waals surface area contributed by atoms with Gasteiger partial charge in [-0.1, -0.05) is 19.0 Å². The van der Waals surface area contributed by atoms with Crippen molar-refractivity contribution in [3.8, 4) is 0 Å². The Morgan fingerprint density at radius 3 is 2.03 bits per heavy atom.